The molecule has 1 N–H and O–H groups in total. The second-order valence-electron chi connectivity index (χ2n) is 9.07. The molecule has 1 fully saturated rings. The largest absolute Gasteiger partial charge is 0.493 e. The predicted octanol–water partition coefficient (Wildman–Crippen LogP) is 5.96. The maximum atomic E-state index is 13.8. The van der Waals surface area contributed by atoms with Crippen molar-refractivity contribution in [1.29, 1.82) is 0 Å². The quantitative estimate of drug-likeness (QED) is 0.171. The number of urea groups is 1. The van der Waals surface area contributed by atoms with E-state index in [2.05, 4.69) is 11.9 Å². The zero-order valence-electron chi connectivity index (χ0n) is 21.6. The summed E-state index contributed by atoms with van der Waals surface area (Å²) < 4.78 is 25.7. The molecule has 0 aromatic heterocycles. The Morgan fingerprint density at radius 2 is 1.73 bits per heavy atom. The molecule has 4 aromatic rings. The van der Waals surface area contributed by atoms with E-state index in [4.69, 9.17) is 9.47 Å². The van der Waals surface area contributed by atoms with E-state index in [1.54, 1.807) is 18.2 Å². The number of halogens is 1. The average Bonchev–Trinajstić information content (AvgIpc) is 2.94. The molecule has 4 aromatic carbocycles. The van der Waals surface area contributed by atoms with Crippen LogP contribution in [-0.2, 0) is 22.6 Å². The van der Waals surface area contributed by atoms with Gasteiger partial charge in [0.2, 0.25) is 0 Å². The molecular weight excluding hydrogens is 511 g/mol. The van der Waals surface area contributed by atoms with Gasteiger partial charge in [-0.2, -0.15) is 0 Å². The molecule has 5 rings (SSSR count). The second kappa shape index (κ2) is 11.2. The van der Waals surface area contributed by atoms with Gasteiger partial charge >= 0.3 is 6.03 Å². The van der Waals surface area contributed by atoms with Crippen LogP contribution in [0.4, 0.5) is 14.9 Å². The Morgan fingerprint density at radius 1 is 0.950 bits per heavy atom. The minimum Gasteiger partial charge on any atom is -0.493 e. The van der Waals surface area contributed by atoms with Gasteiger partial charge in [-0.1, -0.05) is 54.6 Å². The number of hydrogen-bond acceptors (Lipinski definition) is 5. The zero-order valence-corrected chi connectivity index (χ0v) is 21.6. The maximum absolute atomic E-state index is 13.8. The number of benzene rings is 4. The molecule has 0 bridgehead atoms. The molecule has 1 heterocycles. The smallest absolute Gasteiger partial charge is 0.335 e. The molecule has 200 valence electrons. The topological polar surface area (TPSA) is 84.9 Å². The number of carbonyl (C=O) groups is 3. The van der Waals surface area contributed by atoms with E-state index in [0.29, 0.717) is 23.5 Å². The molecule has 0 saturated carbocycles. The van der Waals surface area contributed by atoms with Gasteiger partial charge in [0, 0.05) is 5.56 Å². The fourth-order valence-electron chi connectivity index (χ4n) is 4.63. The fraction of sp³-hybridized carbons (Fsp3) is 0.0938. The molecule has 8 heteroatoms. The molecule has 0 radical (unpaired) electrons. The van der Waals surface area contributed by atoms with Gasteiger partial charge in [0.25, 0.3) is 11.8 Å². The Hall–Kier alpha value is -5.24. The molecule has 1 saturated heterocycles. The summed E-state index contributed by atoms with van der Waals surface area (Å²) in [5, 5.41) is 4.33. The molecule has 1 aliphatic rings. The highest BCUT2D eigenvalue weighted by molar-refractivity contribution is 6.39. The number of amides is 4. The number of rotatable bonds is 8. The SMILES string of the molecule is C=CCc1cc(/C=C2\C(=O)NC(=O)N(c3cccc(F)c3)C2=O)cc(OC)c1OCc1cccc2ccccc12. The summed E-state index contributed by atoms with van der Waals surface area (Å²) in [5.41, 5.74) is 1.91. The predicted molar refractivity (Wildman–Crippen MR) is 151 cm³/mol. The van der Waals surface area contributed by atoms with Crippen LogP contribution in [0.15, 0.2) is 97.1 Å². The van der Waals surface area contributed by atoms with Crippen molar-refractivity contribution >= 4 is 40.4 Å². The molecule has 0 spiro atoms. The van der Waals surface area contributed by atoms with Crippen LogP contribution < -0.4 is 19.7 Å². The summed E-state index contributed by atoms with van der Waals surface area (Å²) >= 11 is 0. The van der Waals surface area contributed by atoms with E-state index in [1.807, 2.05) is 42.5 Å². The highest BCUT2D eigenvalue weighted by atomic mass is 19.1. The van der Waals surface area contributed by atoms with Crippen LogP contribution in [0.3, 0.4) is 0 Å². The van der Waals surface area contributed by atoms with Crippen LogP contribution in [-0.4, -0.2) is 25.0 Å². The van der Waals surface area contributed by atoms with Crippen molar-refractivity contribution in [3.8, 4) is 11.5 Å². The standard InChI is InChI=1S/C32H25FN2O5/c1-3-8-22-15-20(16-27-30(36)34-32(38)35(31(27)37)25-13-7-12-24(33)18-25)17-28(39-2)29(22)40-19-23-11-6-10-21-9-4-5-14-26(21)23/h3-7,9-18H,1,8,19H2,2H3,(H,34,36,38)/b27-16+. The number of nitrogens with one attached hydrogen (secondary N) is 1. The molecule has 40 heavy (non-hydrogen) atoms. The van der Waals surface area contributed by atoms with Crippen LogP contribution in [0.5, 0.6) is 11.5 Å². The number of allylic oxidation sites excluding steroid dienone is 1. The number of methoxy groups -OCH3 is 1. The van der Waals surface area contributed by atoms with Crippen molar-refractivity contribution in [3.05, 3.63) is 120 Å². The van der Waals surface area contributed by atoms with Gasteiger partial charge in [0.05, 0.1) is 12.8 Å². The van der Waals surface area contributed by atoms with Gasteiger partial charge in [0.15, 0.2) is 11.5 Å². The minimum atomic E-state index is -0.958. The molecule has 1 aliphatic heterocycles. The Bertz CT molecular complexity index is 1690. The van der Waals surface area contributed by atoms with E-state index in [0.717, 1.165) is 32.9 Å². The summed E-state index contributed by atoms with van der Waals surface area (Å²) in [7, 11) is 1.50. The van der Waals surface area contributed by atoms with Gasteiger partial charge in [-0.15, -0.1) is 6.58 Å². The zero-order chi connectivity index (χ0) is 28.2. The number of carbonyl (C=O) groups excluding carboxylic acids is 3. The number of ether oxygens (including phenoxy) is 2. The lowest BCUT2D eigenvalue weighted by molar-refractivity contribution is -0.122. The first kappa shape index (κ1) is 26.4. The number of nitrogens with zero attached hydrogens (tertiary/aromatic N) is 1. The summed E-state index contributed by atoms with van der Waals surface area (Å²) in [6.07, 6.45) is 3.49. The molecule has 0 atom stereocenters. The summed E-state index contributed by atoms with van der Waals surface area (Å²) in [4.78, 5) is 39.1. The third kappa shape index (κ3) is 5.19. The lowest BCUT2D eigenvalue weighted by atomic mass is 10.0. The Balaban J connectivity index is 1.50. The number of barbiturate groups is 1. The molecular formula is C32H25FN2O5. The van der Waals surface area contributed by atoms with E-state index >= 15 is 0 Å². The molecule has 0 unspecified atom stereocenters. The van der Waals surface area contributed by atoms with Crippen molar-refractivity contribution in [1.82, 2.24) is 5.32 Å². The van der Waals surface area contributed by atoms with E-state index in [-0.39, 0.29) is 17.9 Å². The lowest BCUT2D eigenvalue weighted by Crippen LogP contribution is -2.54. The molecule has 4 amide bonds. The second-order valence-corrected chi connectivity index (χ2v) is 9.07. The number of hydrogen-bond donors (Lipinski definition) is 1. The van der Waals surface area contributed by atoms with Crippen LogP contribution in [0, 0.1) is 5.82 Å². The van der Waals surface area contributed by atoms with Crippen LogP contribution in [0.2, 0.25) is 0 Å². The van der Waals surface area contributed by atoms with Gasteiger partial charge < -0.3 is 9.47 Å². The van der Waals surface area contributed by atoms with Crippen LogP contribution >= 0.6 is 0 Å². The van der Waals surface area contributed by atoms with Crippen molar-refractivity contribution in [3.63, 3.8) is 0 Å². The molecule has 7 nitrogen and oxygen atoms in total. The van der Waals surface area contributed by atoms with Crippen molar-refractivity contribution in [2.24, 2.45) is 0 Å². The van der Waals surface area contributed by atoms with E-state index in [9.17, 15) is 18.8 Å². The van der Waals surface area contributed by atoms with Gasteiger partial charge in [0.1, 0.15) is 18.0 Å². The number of imide groups is 2. The highest BCUT2D eigenvalue weighted by Gasteiger charge is 2.37. The Morgan fingerprint density at radius 3 is 2.50 bits per heavy atom. The third-order valence-electron chi connectivity index (χ3n) is 6.47. The highest BCUT2D eigenvalue weighted by Crippen LogP contribution is 2.36. The number of fused-ring (bicyclic) bond motifs is 1. The summed E-state index contributed by atoms with van der Waals surface area (Å²) in [6.45, 7) is 4.12. The van der Waals surface area contributed by atoms with Gasteiger partial charge in [-0.05, 0) is 64.7 Å². The van der Waals surface area contributed by atoms with E-state index < -0.39 is 23.7 Å². The van der Waals surface area contributed by atoms with E-state index in [1.165, 1.54) is 31.4 Å². The summed E-state index contributed by atoms with van der Waals surface area (Å²) in [5.74, 6) is -1.46. The Kier molecular flexibility index (Phi) is 7.41. The first-order valence-corrected chi connectivity index (χ1v) is 12.5. The third-order valence-corrected chi connectivity index (χ3v) is 6.47. The summed E-state index contributed by atoms with van der Waals surface area (Å²) in [6, 6.07) is 21.5. The van der Waals surface area contributed by atoms with Crippen molar-refractivity contribution < 1.29 is 28.2 Å². The van der Waals surface area contributed by atoms with Crippen LogP contribution in [0.1, 0.15) is 16.7 Å². The first-order chi connectivity index (χ1) is 19.4. The normalized spacial score (nSPS) is 14.4. The lowest BCUT2D eigenvalue weighted by Gasteiger charge is -2.26. The first-order valence-electron chi connectivity index (χ1n) is 12.5. The van der Waals surface area contributed by atoms with Crippen molar-refractivity contribution in [2.75, 3.05) is 12.0 Å². The molecule has 0 aliphatic carbocycles. The average molecular weight is 537 g/mol. The van der Waals surface area contributed by atoms with Gasteiger partial charge in [-0.25, -0.2) is 14.1 Å². The minimum absolute atomic E-state index is 0.00279. The van der Waals surface area contributed by atoms with Crippen molar-refractivity contribution in [2.45, 2.75) is 13.0 Å². The maximum Gasteiger partial charge on any atom is 0.335 e. The van der Waals surface area contributed by atoms with Crippen LogP contribution in [0.25, 0.3) is 16.8 Å². The monoisotopic (exact) mass is 536 g/mol. The van der Waals surface area contributed by atoms with Gasteiger partial charge in [-0.3, -0.25) is 14.9 Å². The fourth-order valence-corrected chi connectivity index (χ4v) is 4.63. The number of anilines is 1. The Labute approximate surface area is 230 Å².